The van der Waals surface area contributed by atoms with E-state index in [1.807, 2.05) is 6.92 Å². The van der Waals surface area contributed by atoms with Crippen LogP contribution in [0.5, 0.6) is 5.75 Å². The van der Waals surface area contributed by atoms with Gasteiger partial charge < -0.3 is 4.74 Å². The predicted molar refractivity (Wildman–Crippen MR) is 106 cm³/mol. The highest BCUT2D eigenvalue weighted by Crippen LogP contribution is 2.31. The highest BCUT2D eigenvalue weighted by Gasteiger charge is 2.23. The molecule has 0 amide bonds. The Balaban J connectivity index is 1.98. The van der Waals surface area contributed by atoms with E-state index in [-0.39, 0.29) is 4.90 Å². The Kier molecular flexibility index (Phi) is 6.19. The Labute approximate surface area is 172 Å². The van der Waals surface area contributed by atoms with E-state index in [1.165, 1.54) is 30.3 Å². The van der Waals surface area contributed by atoms with Crippen molar-refractivity contribution in [2.75, 3.05) is 7.11 Å². The van der Waals surface area contributed by atoms with Gasteiger partial charge in [-0.25, -0.2) is 13.1 Å². The Morgan fingerprint density at radius 1 is 1.21 bits per heavy atom. The lowest BCUT2D eigenvalue weighted by molar-refractivity contribution is 0.411. The molecule has 2 aromatic carbocycles. The SMILES string of the molecule is CC[C@H](NS(=O)(=O)c1ccc(OC)c(-n2cnnn2)c1)c1cc(Cl)ccc1Cl. The number of rotatable bonds is 7. The first-order chi connectivity index (χ1) is 13.4. The molecule has 0 aliphatic heterocycles. The molecule has 0 saturated heterocycles. The standard InChI is InChI=1S/C17H17Cl2N5O3S/c1-3-15(13-8-11(18)4-6-14(13)19)21-28(25,26)12-5-7-17(27-2)16(9-12)24-10-20-22-23-24/h4-10,15,21H,3H2,1-2H3/t15-/m0/s1. The molecule has 1 N–H and O–H groups in total. The van der Waals surface area contributed by atoms with Gasteiger partial charge in [-0.05, 0) is 58.8 Å². The van der Waals surface area contributed by atoms with Crippen molar-refractivity contribution in [2.24, 2.45) is 0 Å². The molecule has 0 radical (unpaired) electrons. The fourth-order valence-corrected chi connectivity index (χ4v) is 4.44. The molecule has 28 heavy (non-hydrogen) atoms. The van der Waals surface area contributed by atoms with Crippen LogP contribution in [0.15, 0.2) is 47.6 Å². The molecule has 3 aromatic rings. The van der Waals surface area contributed by atoms with Gasteiger partial charge in [0, 0.05) is 16.1 Å². The molecule has 0 unspecified atom stereocenters. The van der Waals surface area contributed by atoms with E-state index in [0.717, 1.165) is 0 Å². The quantitative estimate of drug-likeness (QED) is 0.602. The topological polar surface area (TPSA) is 99.0 Å². The van der Waals surface area contributed by atoms with E-state index in [4.69, 9.17) is 27.9 Å². The summed E-state index contributed by atoms with van der Waals surface area (Å²) in [5.41, 5.74) is 0.999. The van der Waals surface area contributed by atoms with Crippen LogP contribution in [-0.4, -0.2) is 35.7 Å². The van der Waals surface area contributed by atoms with E-state index < -0.39 is 16.1 Å². The van der Waals surface area contributed by atoms with Crippen molar-refractivity contribution in [1.82, 2.24) is 24.9 Å². The van der Waals surface area contributed by atoms with Gasteiger partial charge in [0.05, 0.1) is 12.0 Å². The maximum atomic E-state index is 13.0. The third-order valence-electron chi connectivity index (χ3n) is 4.10. The molecule has 0 aliphatic carbocycles. The van der Waals surface area contributed by atoms with Crippen LogP contribution in [0, 0.1) is 0 Å². The van der Waals surface area contributed by atoms with Crippen molar-refractivity contribution in [1.29, 1.82) is 0 Å². The summed E-state index contributed by atoms with van der Waals surface area (Å²) in [6, 6.07) is 8.82. The summed E-state index contributed by atoms with van der Waals surface area (Å²) in [7, 11) is -2.40. The molecule has 0 spiro atoms. The normalized spacial score (nSPS) is 12.7. The molecule has 148 valence electrons. The number of tetrazole rings is 1. The minimum Gasteiger partial charge on any atom is -0.494 e. The number of nitrogens with zero attached hydrogens (tertiary/aromatic N) is 4. The Bertz CT molecular complexity index is 1070. The summed E-state index contributed by atoms with van der Waals surface area (Å²) in [5, 5.41) is 11.8. The predicted octanol–water partition coefficient (Wildman–Crippen LogP) is 3.41. The van der Waals surface area contributed by atoms with Crippen molar-refractivity contribution < 1.29 is 13.2 Å². The van der Waals surface area contributed by atoms with Crippen LogP contribution in [0.25, 0.3) is 5.69 Å². The minimum absolute atomic E-state index is 0.0374. The summed E-state index contributed by atoms with van der Waals surface area (Å²) in [6.07, 6.45) is 1.83. The number of hydrogen-bond donors (Lipinski definition) is 1. The number of hydrogen-bond acceptors (Lipinski definition) is 6. The lowest BCUT2D eigenvalue weighted by atomic mass is 10.1. The fraction of sp³-hybridized carbons (Fsp3) is 0.235. The average molecular weight is 442 g/mol. The zero-order valence-electron chi connectivity index (χ0n) is 15.0. The van der Waals surface area contributed by atoms with Crippen molar-refractivity contribution >= 4 is 33.2 Å². The second-order valence-electron chi connectivity index (χ2n) is 5.84. The van der Waals surface area contributed by atoms with Crippen LogP contribution >= 0.6 is 23.2 Å². The highest BCUT2D eigenvalue weighted by molar-refractivity contribution is 7.89. The van der Waals surface area contributed by atoms with Crippen LogP contribution in [0.2, 0.25) is 10.0 Å². The number of halogens is 2. The average Bonchev–Trinajstić information content (AvgIpc) is 3.22. The summed E-state index contributed by atoms with van der Waals surface area (Å²) >= 11 is 12.3. The number of ether oxygens (including phenoxy) is 1. The van der Waals surface area contributed by atoms with Crippen LogP contribution < -0.4 is 9.46 Å². The van der Waals surface area contributed by atoms with Crippen LogP contribution in [0.4, 0.5) is 0 Å². The number of benzene rings is 2. The van der Waals surface area contributed by atoms with Gasteiger partial charge in [-0.15, -0.1) is 5.10 Å². The largest absolute Gasteiger partial charge is 0.494 e. The van der Waals surface area contributed by atoms with Gasteiger partial charge in [-0.2, -0.15) is 4.68 Å². The summed E-state index contributed by atoms with van der Waals surface area (Å²) in [6.45, 7) is 1.85. The second-order valence-corrected chi connectivity index (χ2v) is 8.39. The van der Waals surface area contributed by atoms with Gasteiger partial charge in [0.1, 0.15) is 17.8 Å². The molecule has 8 nitrogen and oxygen atoms in total. The molecule has 0 aliphatic rings. The number of methoxy groups -OCH3 is 1. The maximum absolute atomic E-state index is 13.0. The van der Waals surface area contributed by atoms with Crippen molar-refractivity contribution in [3.8, 4) is 11.4 Å². The third kappa shape index (κ3) is 4.27. The van der Waals surface area contributed by atoms with E-state index in [1.54, 1.807) is 24.3 Å². The highest BCUT2D eigenvalue weighted by atomic mass is 35.5. The number of sulfonamides is 1. The van der Waals surface area contributed by atoms with Gasteiger partial charge >= 0.3 is 0 Å². The molecule has 1 atom stereocenters. The second kappa shape index (κ2) is 8.44. The molecule has 11 heteroatoms. The van der Waals surface area contributed by atoms with Crippen molar-refractivity contribution in [3.05, 3.63) is 58.3 Å². The third-order valence-corrected chi connectivity index (χ3v) is 6.14. The first kappa shape index (κ1) is 20.5. The molecule has 0 bridgehead atoms. The number of nitrogens with one attached hydrogen (secondary N) is 1. The first-order valence-electron chi connectivity index (χ1n) is 8.24. The molecule has 3 rings (SSSR count). The zero-order chi connectivity index (χ0) is 20.3. The maximum Gasteiger partial charge on any atom is 0.241 e. The van der Waals surface area contributed by atoms with Gasteiger partial charge in [-0.1, -0.05) is 30.1 Å². The smallest absolute Gasteiger partial charge is 0.241 e. The molecule has 0 saturated carbocycles. The zero-order valence-corrected chi connectivity index (χ0v) is 17.3. The van der Waals surface area contributed by atoms with Crippen LogP contribution in [0.1, 0.15) is 24.9 Å². The van der Waals surface area contributed by atoms with Crippen molar-refractivity contribution in [2.45, 2.75) is 24.3 Å². The lowest BCUT2D eigenvalue weighted by Gasteiger charge is -2.19. The van der Waals surface area contributed by atoms with Crippen LogP contribution in [-0.2, 0) is 10.0 Å². The van der Waals surface area contributed by atoms with Gasteiger partial charge in [0.15, 0.2) is 0 Å². The van der Waals surface area contributed by atoms with Crippen molar-refractivity contribution in [3.63, 3.8) is 0 Å². The molecular weight excluding hydrogens is 425 g/mol. The molecule has 1 heterocycles. The molecule has 0 fully saturated rings. The molecular formula is C17H17Cl2N5O3S. The summed E-state index contributed by atoms with van der Waals surface area (Å²) in [4.78, 5) is 0.0374. The van der Waals surface area contributed by atoms with E-state index >= 15 is 0 Å². The minimum atomic E-state index is -3.88. The van der Waals surface area contributed by atoms with Gasteiger partial charge in [0.2, 0.25) is 10.0 Å². The number of aromatic nitrogens is 4. The van der Waals surface area contributed by atoms with Gasteiger partial charge in [-0.3, -0.25) is 0 Å². The first-order valence-corrected chi connectivity index (χ1v) is 10.5. The fourth-order valence-electron chi connectivity index (χ4n) is 2.69. The molecule has 1 aromatic heterocycles. The Morgan fingerprint density at radius 2 is 2.00 bits per heavy atom. The van der Waals surface area contributed by atoms with E-state index in [0.29, 0.717) is 33.5 Å². The monoisotopic (exact) mass is 441 g/mol. The van der Waals surface area contributed by atoms with Gasteiger partial charge in [0.25, 0.3) is 0 Å². The van der Waals surface area contributed by atoms with E-state index in [9.17, 15) is 8.42 Å². The summed E-state index contributed by atoms with van der Waals surface area (Å²) in [5.74, 6) is 0.427. The Morgan fingerprint density at radius 3 is 2.64 bits per heavy atom. The Hall–Kier alpha value is -2.20. The van der Waals surface area contributed by atoms with Crippen LogP contribution in [0.3, 0.4) is 0 Å². The lowest BCUT2D eigenvalue weighted by Crippen LogP contribution is -2.28. The summed E-state index contributed by atoms with van der Waals surface area (Å²) < 4.78 is 35.3. The van der Waals surface area contributed by atoms with E-state index in [2.05, 4.69) is 20.2 Å².